The second kappa shape index (κ2) is 5.77. The number of carbonyl (C=O) groups excluding carboxylic acids is 2. The van der Waals surface area contributed by atoms with E-state index in [2.05, 4.69) is 0 Å². The lowest BCUT2D eigenvalue weighted by Crippen LogP contribution is -2.71. The van der Waals surface area contributed by atoms with Gasteiger partial charge in [-0.1, -0.05) is 44.2 Å². The van der Waals surface area contributed by atoms with Gasteiger partial charge in [-0.2, -0.15) is 0 Å². The number of aliphatic hydroxyl groups is 1. The van der Waals surface area contributed by atoms with Crippen molar-refractivity contribution in [3.8, 4) is 0 Å². The van der Waals surface area contributed by atoms with E-state index in [1.165, 1.54) is 4.90 Å². The summed E-state index contributed by atoms with van der Waals surface area (Å²) in [5.41, 5.74) is 5.55. The summed E-state index contributed by atoms with van der Waals surface area (Å²) in [7, 11) is 0. The van der Waals surface area contributed by atoms with Crippen LogP contribution < -0.4 is 5.73 Å². The van der Waals surface area contributed by atoms with Gasteiger partial charge >= 0.3 is 0 Å². The molecule has 4 rings (SSSR count). The van der Waals surface area contributed by atoms with Crippen molar-refractivity contribution in [3.63, 3.8) is 0 Å². The summed E-state index contributed by atoms with van der Waals surface area (Å²) >= 11 is 0. The molecular weight excluding hydrogens is 334 g/mol. The van der Waals surface area contributed by atoms with E-state index in [0.717, 1.165) is 12.0 Å². The van der Waals surface area contributed by atoms with Gasteiger partial charge in [0, 0.05) is 18.9 Å². The summed E-state index contributed by atoms with van der Waals surface area (Å²) in [6.45, 7) is 4.11. The van der Waals surface area contributed by atoms with Crippen molar-refractivity contribution in [3.05, 3.63) is 35.9 Å². The molecule has 3 fully saturated rings. The lowest BCUT2D eigenvalue weighted by Gasteiger charge is -2.48. The normalized spacial score (nSPS) is 36.7. The van der Waals surface area contributed by atoms with Crippen molar-refractivity contribution in [2.75, 3.05) is 6.54 Å². The van der Waals surface area contributed by atoms with Gasteiger partial charge in [-0.25, -0.2) is 0 Å². The standard InChI is InChI=1S/C19H25N3O4/c1-12(2)18(20)17(24)22-14(11-13-7-4-3-5-8-13)16(23)21-10-6-9-15(21)19(22,25)26-18/h3-5,7-8,12,14-15,25H,6,9-11,20H2,1-2H3/t14-,15-,18+,19-/m0/s1. The Labute approximate surface area is 152 Å². The molecule has 1 aromatic rings. The number of ether oxygens (including phenoxy) is 1. The molecule has 3 aliphatic heterocycles. The molecule has 4 atom stereocenters. The quantitative estimate of drug-likeness (QED) is 0.815. The van der Waals surface area contributed by atoms with Crippen LogP contribution in [0.3, 0.4) is 0 Å². The van der Waals surface area contributed by atoms with E-state index in [-0.39, 0.29) is 11.8 Å². The van der Waals surface area contributed by atoms with Crippen LogP contribution >= 0.6 is 0 Å². The summed E-state index contributed by atoms with van der Waals surface area (Å²) in [4.78, 5) is 29.2. The number of rotatable bonds is 3. The minimum absolute atomic E-state index is 0.147. The lowest BCUT2D eigenvalue weighted by molar-refractivity contribution is -0.318. The number of nitrogens with two attached hydrogens (primary N) is 1. The SMILES string of the molecule is CC(C)[C@@]1(N)O[C@@]2(O)[C@@H]3CCCN3C(=O)[C@H](Cc3ccccc3)N2C1=O. The fourth-order valence-corrected chi connectivity index (χ4v) is 4.37. The second-order valence-electron chi connectivity index (χ2n) is 7.78. The predicted octanol–water partition coefficient (Wildman–Crippen LogP) is 0.418. The van der Waals surface area contributed by atoms with Crippen LogP contribution in [0.15, 0.2) is 30.3 Å². The lowest BCUT2D eigenvalue weighted by atomic mass is 9.95. The molecule has 3 N–H and O–H groups in total. The van der Waals surface area contributed by atoms with Crippen molar-refractivity contribution in [2.24, 2.45) is 11.7 Å². The minimum atomic E-state index is -1.88. The van der Waals surface area contributed by atoms with Crippen molar-refractivity contribution in [2.45, 2.75) is 56.8 Å². The highest BCUT2D eigenvalue weighted by atomic mass is 16.7. The zero-order valence-corrected chi connectivity index (χ0v) is 15.1. The number of nitrogens with zero attached hydrogens (tertiary/aromatic N) is 2. The average molecular weight is 359 g/mol. The molecule has 7 heteroatoms. The van der Waals surface area contributed by atoms with Gasteiger partial charge < -0.3 is 10.0 Å². The molecule has 0 aromatic heterocycles. The first-order valence-electron chi connectivity index (χ1n) is 9.18. The monoisotopic (exact) mass is 359 g/mol. The number of amides is 2. The molecule has 0 aliphatic carbocycles. The van der Waals surface area contributed by atoms with E-state index >= 15 is 0 Å². The first kappa shape index (κ1) is 17.5. The molecule has 3 aliphatic rings. The van der Waals surface area contributed by atoms with Crippen molar-refractivity contribution in [1.29, 1.82) is 0 Å². The summed E-state index contributed by atoms with van der Waals surface area (Å²) in [6.07, 6.45) is 1.66. The van der Waals surface area contributed by atoms with Crippen LogP contribution in [0.4, 0.5) is 0 Å². The van der Waals surface area contributed by atoms with Crippen LogP contribution in [-0.2, 0) is 20.7 Å². The van der Waals surface area contributed by atoms with E-state index in [1.54, 1.807) is 18.7 Å². The number of carbonyl (C=O) groups is 2. The second-order valence-corrected chi connectivity index (χ2v) is 7.78. The summed E-state index contributed by atoms with van der Waals surface area (Å²) < 4.78 is 5.86. The Morgan fingerprint density at radius 3 is 2.65 bits per heavy atom. The van der Waals surface area contributed by atoms with Gasteiger partial charge in [-0.05, 0) is 18.4 Å². The Hall–Kier alpha value is -1.96. The van der Waals surface area contributed by atoms with Crippen molar-refractivity contribution >= 4 is 11.8 Å². The zero-order chi connectivity index (χ0) is 18.7. The largest absolute Gasteiger partial charge is 0.347 e. The Morgan fingerprint density at radius 1 is 1.31 bits per heavy atom. The summed E-state index contributed by atoms with van der Waals surface area (Å²) in [5.74, 6) is -2.88. The zero-order valence-electron chi connectivity index (χ0n) is 15.1. The van der Waals surface area contributed by atoms with Crippen LogP contribution in [0.1, 0.15) is 32.3 Å². The Balaban J connectivity index is 1.78. The van der Waals surface area contributed by atoms with Gasteiger partial charge in [0.15, 0.2) is 0 Å². The fourth-order valence-electron chi connectivity index (χ4n) is 4.37. The molecule has 2 amide bonds. The molecule has 3 heterocycles. The smallest absolute Gasteiger partial charge is 0.275 e. The van der Waals surface area contributed by atoms with E-state index in [9.17, 15) is 14.7 Å². The Bertz CT molecular complexity index is 740. The van der Waals surface area contributed by atoms with Gasteiger partial charge in [-0.3, -0.25) is 25.0 Å². The summed E-state index contributed by atoms with van der Waals surface area (Å²) in [6, 6.07) is 8.08. The highest BCUT2D eigenvalue weighted by Crippen LogP contribution is 2.46. The van der Waals surface area contributed by atoms with E-state index in [0.29, 0.717) is 19.4 Å². The molecular formula is C19H25N3O4. The van der Waals surface area contributed by atoms with Gasteiger partial charge in [0.2, 0.25) is 11.6 Å². The third kappa shape index (κ3) is 2.24. The number of hydrogen-bond donors (Lipinski definition) is 2. The molecule has 0 saturated carbocycles. The van der Waals surface area contributed by atoms with Gasteiger partial charge in [0.05, 0.1) is 0 Å². The first-order valence-corrected chi connectivity index (χ1v) is 9.18. The molecule has 0 unspecified atom stereocenters. The van der Waals surface area contributed by atoms with Crippen LogP contribution in [0, 0.1) is 5.92 Å². The maximum Gasteiger partial charge on any atom is 0.275 e. The highest BCUT2D eigenvalue weighted by molar-refractivity contribution is 5.95. The van der Waals surface area contributed by atoms with Crippen molar-refractivity contribution < 1.29 is 19.4 Å². The van der Waals surface area contributed by atoms with Crippen molar-refractivity contribution in [1.82, 2.24) is 9.80 Å². The Morgan fingerprint density at radius 2 is 2.00 bits per heavy atom. The third-order valence-electron chi connectivity index (χ3n) is 5.91. The topological polar surface area (TPSA) is 96.1 Å². The van der Waals surface area contributed by atoms with Crippen LogP contribution in [-0.4, -0.2) is 57.0 Å². The molecule has 3 saturated heterocycles. The van der Waals surface area contributed by atoms with Crippen LogP contribution in [0.25, 0.3) is 0 Å². The maximum atomic E-state index is 13.2. The minimum Gasteiger partial charge on any atom is -0.347 e. The van der Waals surface area contributed by atoms with E-state index in [4.69, 9.17) is 10.5 Å². The van der Waals surface area contributed by atoms with Crippen LogP contribution in [0.5, 0.6) is 0 Å². The predicted molar refractivity (Wildman–Crippen MR) is 93.3 cm³/mol. The first-order chi connectivity index (χ1) is 12.3. The molecule has 0 bridgehead atoms. The molecule has 1 aromatic carbocycles. The molecule has 140 valence electrons. The number of benzene rings is 1. The Kier molecular flexibility index (Phi) is 3.87. The fraction of sp³-hybridized carbons (Fsp3) is 0.579. The maximum absolute atomic E-state index is 13.2. The number of fused-ring (bicyclic) bond motifs is 3. The molecule has 26 heavy (non-hydrogen) atoms. The van der Waals surface area contributed by atoms with Gasteiger partial charge in [0.25, 0.3) is 11.8 Å². The molecule has 7 nitrogen and oxygen atoms in total. The molecule has 0 radical (unpaired) electrons. The van der Waals surface area contributed by atoms with Crippen LogP contribution in [0.2, 0.25) is 0 Å². The average Bonchev–Trinajstić information content (AvgIpc) is 3.17. The highest BCUT2D eigenvalue weighted by Gasteiger charge is 2.70. The van der Waals surface area contributed by atoms with Gasteiger partial charge in [-0.15, -0.1) is 0 Å². The van der Waals surface area contributed by atoms with E-state index in [1.807, 2.05) is 30.3 Å². The number of piperazine rings is 1. The number of hydrogen-bond acceptors (Lipinski definition) is 5. The van der Waals surface area contributed by atoms with E-state index < -0.39 is 29.6 Å². The third-order valence-corrected chi connectivity index (χ3v) is 5.91. The summed E-state index contributed by atoms with van der Waals surface area (Å²) in [5, 5.41) is 11.4. The van der Waals surface area contributed by atoms with Gasteiger partial charge in [0.1, 0.15) is 12.1 Å². The molecule has 0 spiro atoms.